The molecule has 0 aliphatic carbocycles. The van der Waals surface area contributed by atoms with Crippen molar-refractivity contribution >= 4 is 45.3 Å². The van der Waals surface area contributed by atoms with Crippen LogP contribution in [0.25, 0.3) is 0 Å². The summed E-state index contributed by atoms with van der Waals surface area (Å²) < 4.78 is 21.5. The van der Waals surface area contributed by atoms with Crippen LogP contribution < -0.4 is 5.32 Å². The molecule has 1 saturated heterocycles. The average Bonchev–Trinajstić information content (AvgIpc) is 3.25. The van der Waals surface area contributed by atoms with Crippen molar-refractivity contribution in [2.75, 3.05) is 59.4 Å². The molecular formula is C26H39N3O9S2. The van der Waals surface area contributed by atoms with E-state index < -0.39 is 17.8 Å². The van der Waals surface area contributed by atoms with Gasteiger partial charge in [0.25, 0.3) is 11.8 Å². The Hall–Kier alpha value is -2.23. The van der Waals surface area contributed by atoms with Crippen molar-refractivity contribution in [3.05, 3.63) is 24.4 Å². The smallest absolute Gasteiger partial charge is 0.335 e. The van der Waals surface area contributed by atoms with Crippen molar-refractivity contribution in [1.29, 1.82) is 0 Å². The van der Waals surface area contributed by atoms with Crippen molar-refractivity contribution in [1.82, 2.24) is 15.4 Å². The third-order valence-corrected chi connectivity index (χ3v) is 8.55. The topological polar surface area (TPSA) is 143 Å². The average molecular weight is 602 g/mol. The van der Waals surface area contributed by atoms with Gasteiger partial charge in [0.05, 0.1) is 59.3 Å². The van der Waals surface area contributed by atoms with Gasteiger partial charge in [0.1, 0.15) is 5.03 Å². The van der Waals surface area contributed by atoms with Crippen LogP contribution in [0.5, 0.6) is 0 Å². The van der Waals surface area contributed by atoms with Gasteiger partial charge in [0, 0.05) is 36.8 Å². The molecule has 1 aromatic rings. The minimum absolute atomic E-state index is 0.00693. The summed E-state index contributed by atoms with van der Waals surface area (Å²) in [6, 6.07) is 5.82. The molecule has 0 bridgehead atoms. The van der Waals surface area contributed by atoms with Gasteiger partial charge >= 0.3 is 5.97 Å². The predicted octanol–water partition coefficient (Wildman–Crippen LogP) is 2.56. The first-order valence-corrected chi connectivity index (χ1v) is 15.3. The lowest BCUT2D eigenvalue weighted by atomic mass is 10.1. The lowest BCUT2D eigenvalue weighted by molar-refractivity contribution is -0.198. The molecule has 1 aromatic heterocycles. The highest BCUT2D eigenvalue weighted by atomic mass is 33.1. The van der Waals surface area contributed by atoms with Gasteiger partial charge in [-0.1, -0.05) is 16.9 Å². The Kier molecular flexibility index (Phi) is 16.8. The summed E-state index contributed by atoms with van der Waals surface area (Å²) in [5.74, 6) is -1.72. The number of rotatable bonds is 22. The molecule has 224 valence electrons. The lowest BCUT2D eigenvalue weighted by Crippen LogP contribution is -2.32. The number of carbonyl (C=O) groups is 4. The second-order valence-corrected chi connectivity index (χ2v) is 12.0. The second kappa shape index (κ2) is 19.8. The molecule has 1 aliphatic rings. The van der Waals surface area contributed by atoms with Gasteiger partial charge < -0.3 is 29.1 Å². The number of nitrogens with one attached hydrogen (secondary N) is 1. The van der Waals surface area contributed by atoms with Crippen LogP contribution in [0.2, 0.25) is 0 Å². The Balaban J connectivity index is 1.31. The van der Waals surface area contributed by atoms with E-state index in [-0.39, 0.29) is 43.1 Å². The van der Waals surface area contributed by atoms with Crippen LogP contribution in [-0.2, 0) is 43.0 Å². The maximum absolute atomic E-state index is 12.1. The molecular weight excluding hydrogens is 562 g/mol. The van der Waals surface area contributed by atoms with Crippen LogP contribution in [0.1, 0.15) is 46.0 Å². The fraction of sp³-hybridized carbons (Fsp3) is 0.654. The molecule has 1 fully saturated rings. The van der Waals surface area contributed by atoms with Crippen LogP contribution in [-0.4, -0.2) is 97.9 Å². The highest BCUT2D eigenvalue weighted by Gasteiger charge is 2.32. The van der Waals surface area contributed by atoms with Crippen LogP contribution in [0.15, 0.2) is 29.4 Å². The Morgan fingerprint density at radius 3 is 2.10 bits per heavy atom. The van der Waals surface area contributed by atoms with Gasteiger partial charge in [0.15, 0.2) is 0 Å². The van der Waals surface area contributed by atoms with Crippen LogP contribution >= 0.6 is 21.6 Å². The largest absolute Gasteiger partial charge is 0.378 e. The Labute approximate surface area is 242 Å². The van der Waals surface area contributed by atoms with E-state index in [0.29, 0.717) is 57.7 Å². The molecule has 1 aliphatic heterocycles. The highest BCUT2D eigenvalue weighted by molar-refractivity contribution is 8.77. The maximum atomic E-state index is 12.1. The summed E-state index contributed by atoms with van der Waals surface area (Å²) >= 11 is 0. The summed E-state index contributed by atoms with van der Waals surface area (Å²) in [4.78, 5) is 55.5. The summed E-state index contributed by atoms with van der Waals surface area (Å²) in [6.45, 7) is 7.42. The van der Waals surface area contributed by atoms with E-state index in [9.17, 15) is 19.2 Å². The molecule has 1 N–H and O–H groups in total. The molecule has 0 aromatic carbocycles. The molecule has 0 radical (unpaired) electrons. The van der Waals surface area contributed by atoms with Crippen LogP contribution in [0, 0.1) is 0 Å². The molecule has 0 spiro atoms. The summed E-state index contributed by atoms with van der Waals surface area (Å²) in [5, 5.41) is 4.35. The number of hydrogen-bond donors (Lipinski definition) is 1. The number of nitrogens with zero attached hydrogens (tertiary/aromatic N) is 2. The third-order valence-electron chi connectivity index (χ3n) is 5.28. The number of pyridine rings is 1. The van der Waals surface area contributed by atoms with Gasteiger partial charge in [-0.3, -0.25) is 14.4 Å². The highest BCUT2D eigenvalue weighted by Crippen LogP contribution is 2.42. The van der Waals surface area contributed by atoms with Crippen molar-refractivity contribution in [3.8, 4) is 0 Å². The first kappa shape index (κ1) is 34.0. The molecule has 3 amide bonds. The standard InChI is InChI=1S/C26H39N3O9S2/c1-26(2,40-39-22-5-3-4-11-28-22)10-8-21(30)27-12-14-35-16-18-37-20-19-36-17-15-34-13-9-25(33)38-29-23(31)6-7-24(29)32/h3-5,11H,6-10,12-20H2,1-2H3,(H,27,30). The molecule has 0 saturated carbocycles. The van der Waals surface area contributed by atoms with E-state index in [1.807, 2.05) is 18.2 Å². The molecule has 12 nitrogen and oxygen atoms in total. The first-order valence-electron chi connectivity index (χ1n) is 13.2. The summed E-state index contributed by atoms with van der Waals surface area (Å²) in [5.41, 5.74) is 0. The number of hydroxylamine groups is 2. The Morgan fingerprint density at radius 2 is 1.50 bits per heavy atom. The van der Waals surface area contributed by atoms with Crippen molar-refractivity contribution < 1.29 is 43.0 Å². The summed E-state index contributed by atoms with van der Waals surface area (Å²) in [6.07, 6.45) is 3.02. The normalized spacial score (nSPS) is 13.6. The van der Waals surface area contributed by atoms with Gasteiger partial charge in [-0.2, -0.15) is 0 Å². The predicted molar refractivity (Wildman–Crippen MR) is 149 cm³/mol. The van der Waals surface area contributed by atoms with Crippen LogP contribution in [0.4, 0.5) is 0 Å². The number of amides is 3. The minimum atomic E-state index is -0.701. The van der Waals surface area contributed by atoms with Crippen LogP contribution in [0.3, 0.4) is 0 Å². The zero-order valence-corrected chi connectivity index (χ0v) is 24.7. The first-order chi connectivity index (χ1) is 19.3. The van der Waals surface area contributed by atoms with E-state index in [2.05, 4.69) is 24.1 Å². The fourth-order valence-electron chi connectivity index (χ4n) is 3.08. The lowest BCUT2D eigenvalue weighted by Gasteiger charge is -2.22. The molecule has 0 unspecified atom stereocenters. The van der Waals surface area contributed by atoms with Gasteiger partial charge in [0.2, 0.25) is 5.91 Å². The number of carbonyl (C=O) groups excluding carboxylic acids is 4. The Bertz CT molecular complexity index is 906. The van der Waals surface area contributed by atoms with E-state index in [4.69, 9.17) is 23.8 Å². The maximum Gasteiger partial charge on any atom is 0.335 e. The SMILES string of the molecule is CC(C)(CCC(=O)NCCOCCOCCOCCOCCC(=O)ON1C(=O)CCC1=O)SSc1ccccn1. The van der Waals surface area contributed by atoms with Gasteiger partial charge in [-0.15, -0.1) is 5.06 Å². The molecule has 40 heavy (non-hydrogen) atoms. The van der Waals surface area contributed by atoms with Crippen molar-refractivity contribution in [2.24, 2.45) is 0 Å². The second-order valence-electron chi connectivity index (χ2n) is 9.19. The monoisotopic (exact) mass is 601 g/mol. The number of hydrogen-bond acceptors (Lipinski definition) is 12. The molecule has 0 atom stereocenters. The zero-order valence-electron chi connectivity index (χ0n) is 23.1. The zero-order chi connectivity index (χ0) is 29.1. The van der Waals surface area contributed by atoms with E-state index in [0.717, 1.165) is 11.4 Å². The van der Waals surface area contributed by atoms with Gasteiger partial charge in [-0.25, -0.2) is 9.78 Å². The van der Waals surface area contributed by atoms with E-state index >= 15 is 0 Å². The number of imide groups is 1. The molecule has 2 rings (SSSR count). The fourth-order valence-corrected chi connectivity index (χ4v) is 5.29. The summed E-state index contributed by atoms with van der Waals surface area (Å²) in [7, 11) is 3.33. The third kappa shape index (κ3) is 15.5. The van der Waals surface area contributed by atoms with E-state index in [1.165, 1.54) is 0 Å². The molecule has 2 heterocycles. The quantitative estimate of drug-likeness (QED) is 0.119. The minimum Gasteiger partial charge on any atom is -0.378 e. The van der Waals surface area contributed by atoms with Crippen molar-refractivity contribution in [2.45, 2.75) is 55.7 Å². The van der Waals surface area contributed by atoms with Gasteiger partial charge in [-0.05, 0) is 43.2 Å². The Morgan fingerprint density at radius 1 is 0.900 bits per heavy atom. The van der Waals surface area contributed by atoms with Crippen molar-refractivity contribution in [3.63, 3.8) is 0 Å². The number of aromatic nitrogens is 1. The van der Waals surface area contributed by atoms with E-state index in [1.54, 1.807) is 27.8 Å². The molecule has 14 heteroatoms. The number of ether oxygens (including phenoxy) is 4.